The number of benzene rings is 1. The van der Waals surface area contributed by atoms with Gasteiger partial charge in [0.2, 0.25) is 0 Å². The standard InChI is InChI=1S/C20H17F4N7O/c21-13-1-2-15(31-27-4-5-28-31)14(7-13)19(32)30-9-12-3-6-29(10-16(12)30)18-8-17(20(22,23)24)25-11-26-18/h1-2,4-5,7-8,11-12,16H,3,6,9-10H2/t12-,16-/m1/s1. The Hall–Kier alpha value is -3.57. The van der Waals surface area contributed by atoms with E-state index in [-0.39, 0.29) is 29.2 Å². The summed E-state index contributed by atoms with van der Waals surface area (Å²) in [4.78, 5) is 25.2. The van der Waals surface area contributed by atoms with Crippen molar-refractivity contribution in [1.82, 2.24) is 29.9 Å². The summed E-state index contributed by atoms with van der Waals surface area (Å²) in [6.45, 7) is 1.35. The molecular formula is C20H17F4N7O. The molecular weight excluding hydrogens is 430 g/mol. The number of piperidine rings is 1. The van der Waals surface area contributed by atoms with Crippen molar-refractivity contribution >= 4 is 11.7 Å². The van der Waals surface area contributed by atoms with Crippen LogP contribution in [0.25, 0.3) is 5.69 Å². The molecule has 0 aliphatic carbocycles. The Labute approximate surface area is 179 Å². The summed E-state index contributed by atoms with van der Waals surface area (Å²) in [7, 11) is 0. The summed E-state index contributed by atoms with van der Waals surface area (Å²) in [6, 6.07) is 4.51. The Kier molecular flexibility index (Phi) is 4.79. The average Bonchev–Trinajstić information content (AvgIpc) is 3.28. The zero-order chi connectivity index (χ0) is 22.5. The minimum atomic E-state index is -4.57. The summed E-state index contributed by atoms with van der Waals surface area (Å²) in [6.07, 6.45) is -0.0657. The Balaban J connectivity index is 1.38. The zero-order valence-electron chi connectivity index (χ0n) is 16.6. The number of fused-ring (bicyclic) bond motifs is 1. The molecule has 4 heterocycles. The molecule has 0 spiro atoms. The van der Waals surface area contributed by atoms with Crippen LogP contribution in [0.1, 0.15) is 22.5 Å². The van der Waals surface area contributed by atoms with E-state index in [4.69, 9.17) is 0 Å². The lowest BCUT2D eigenvalue weighted by atomic mass is 9.81. The SMILES string of the molecule is O=C(c1cc(F)ccc1-n1nccn1)N1C[C@H]2CCN(c3cc(C(F)(F)F)ncn3)C[C@H]21. The second-order valence-electron chi connectivity index (χ2n) is 7.76. The second-order valence-corrected chi connectivity index (χ2v) is 7.76. The van der Waals surface area contributed by atoms with Gasteiger partial charge in [-0.25, -0.2) is 14.4 Å². The second kappa shape index (κ2) is 7.53. The first kappa shape index (κ1) is 20.3. The quantitative estimate of drug-likeness (QED) is 0.575. The third kappa shape index (κ3) is 3.55. The molecule has 2 atom stereocenters. The molecule has 2 aliphatic heterocycles. The number of alkyl halides is 3. The minimum absolute atomic E-state index is 0.123. The Morgan fingerprint density at radius 2 is 1.84 bits per heavy atom. The lowest BCUT2D eigenvalue weighted by Gasteiger charge is -2.53. The van der Waals surface area contributed by atoms with Crippen LogP contribution in [0.15, 0.2) is 43.0 Å². The van der Waals surface area contributed by atoms with Crippen LogP contribution in [0.3, 0.4) is 0 Å². The van der Waals surface area contributed by atoms with Gasteiger partial charge in [-0.15, -0.1) is 0 Å². The number of anilines is 1. The van der Waals surface area contributed by atoms with Crippen molar-refractivity contribution in [3.8, 4) is 5.69 Å². The van der Waals surface area contributed by atoms with Gasteiger partial charge < -0.3 is 9.80 Å². The molecule has 0 unspecified atom stereocenters. The van der Waals surface area contributed by atoms with Gasteiger partial charge in [0.05, 0.1) is 29.7 Å². The number of likely N-dealkylation sites (tertiary alicyclic amines) is 1. The van der Waals surface area contributed by atoms with E-state index in [9.17, 15) is 22.4 Å². The van der Waals surface area contributed by atoms with Crippen molar-refractivity contribution in [1.29, 1.82) is 0 Å². The van der Waals surface area contributed by atoms with Gasteiger partial charge in [0.25, 0.3) is 5.91 Å². The molecule has 2 saturated heterocycles. The van der Waals surface area contributed by atoms with Crippen molar-refractivity contribution in [3.63, 3.8) is 0 Å². The van der Waals surface area contributed by atoms with Crippen LogP contribution in [0.5, 0.6) is 0 Å². The normalized spacial score (nSPS) is 20.6. The van der Waals surface area contributed by atoms with E-state index < -0.39 is 17.7 Å². The van der Waals surface area contributed by atoms with E-state index >= 15 is 0 Å². The largest absolute Gasteiger partial charge is 0.433 e. The maximum Gasteiger partial charge on any atom is 0.433 e. The molecule has 166 valence electrons. The van der Waals surface area contributed by atoms with Gasteiger partial charge in [0.15, 0.2) is 0 Å². The molecule has 32 heavy (non-hydrogen) atoms. The monoisotopic (exact) mass is 447 g/mol. The number of nitrogens with zero attached hydrogens (tertiary/aromatic N) is 7. The van der Waals surface area contributed by atoms with E-state index in [1.54, 1.807) is 9.80 Å². The third-order valence-electron chi connectivity index (χ3n) is 5.90. The summed E-state index contributed by atoms with van der Waals surface area (Å²) in [5.41, 5.74) is -0.538. The first-order valence-corrected chi connectivity index (χ1v) is 9.92. The van der Waals surface area contributed by atoms with Gasteiger partial charge >= 0.3 is 6.18 Å². The van der Waals surface area contributed by atoms with Gasteiger partial charge in [-0.1, -0.05) is 0 Å². The van der Waals surface area contributed by atoms with Crippen LogP contribution in [0.4, 0.5) is 23.4 Å². The van der Waals surface area contributed by atoms with Gasteiger partial charge in [-0.3, -0.25) is 4.79 Å². The molecule has 0 radical (unpaired) electrons. The van der Waals surface area contributed by atoms with Crippen LogP contribution in [-0.2, 0) is 6.18 Å². The minimum Gasteiger partial charge on any atom is -0.354 e. The molecule has 8 nitrogen and oxygen atoms in total. The lowest BCUT2D eigenvalue weighted by Crippen LogP contribution is -2.66. The smallest absolute Gasteiger partial charge is 0.354 e. The number of carbonyl (C=O) groups excluding carboxylic acids is 1. The summed E-state index contributed by atoms with van der Waals surface area (Å²) >= 11 is 0. The number of aromatic nitrogens is 5. The van der Waals surface area contributed by atoms with E-state index in [0.29, 0.717) is 31.7 Å². The first-order valence-electron chi connectivity index (χ1n) is 9.92. The lowest BCUT2D eigenvalue weighted by molar-refractivity contribution is -0.141. The van der Waals surface area contributed by atoms with Crippen molar-refractivity contribution in [2.45, 2.75) is 18.6 Å². The molecule has 5 rings (SSSR count). The van der Waals surface area contributed by atoms with Crippen molar-refractivity contribution in [2.75, 3.05) is 24.5 Å². The zero-order valence-corrected chi connectivity index (χ0v) is 16.6. The van der Waals surface area contributed by atoms with E-state index in [1.165, 1.54) is 29.3 Å². The molecule has 0 N–H and O–H groups in total. The highest BCUT2D eigenvalue weighted by atomic mass is 19.4. The fourth-order valence-corrected chi connectivity index (χ4v) is 4.26. The number of hydrogen-bond donors (Lipinski definition) is 0. The first-order chi connectivity index (χ1) is 15.3. The highest BCUT2D eigenvalue weighted by Crippen LogP contribution is 2.36. The number of amides is 1. The van der Waals surface area contributed by atoms with E-state index in [2.05, 4.69) is 20.2 Å². The summed E-state index contributed by atoms with van der Waals surface area (Å²) in [5, 5.41) is 8.04. The summed E-state index contributed by atoms with van der Waals surface area (Å²) in [5.74, 6) is -0.554. The number of rotatable bonds is 3. The molecule has 0 saturated carbocycles. The fraction of sp³-hybridized carbons (Fsp3) is 0.350. The van der Waals surface area contributed by atoms with Crippen LogP contribution >= 0.6 is 0 Å². The fourth-order valence-electron chi connectivity index (χ4n) is 4.26. The van der Waals surface area contributed by atoms with Gasteiger partial charge in [0.1, 0.15) is 23.7 Å². The van der Waals surface area contributed by atoms with Crippen LogP contribution in [0, 0.1) is 11.7 Å². The number of carbonyl (C=O) groups is 1. The Bertz CT molecular complexity index is 1150. The third-order valence-corrected chi connectivity index (χ3v) is 5.90. The van der Waals surface area contributed by atoms with Crippen molar-refractivity contribution < 1.29 is 22.4 Å². The molecule has 3 aromatic rings. The van der Waals surface area contributed by atoms with Gasteiger partial charge in [-0.05, 0) is 24.6 Å². The Morgan fingerprint density at radius 3 is 2.59 bits per heavy atom. The predicted octanol–water partition coefficient (Wildman–Crippen LogP) is 2.57. The maximum absolute atomic E-state index is 14.0. The van der Waals surface area contributed by atoms with Crippen molar-refractivity contribution in [2.24, 2.45) is 5.92 Å². The molecule has 2 fully saturated rings. The van der Waals surface area contributed by atoms with E-state index in [0.717, 1.165) is 18.5 Å². The molecule has 1 aromatic carbocycles. The van der Waals surface area contributed by atoms with Crippen LogP contribution in [-0.4, -0.2) is 61.4 Å². The van der Waals surface area contributed by atoms with Crippen LogP contribution in [0.2, 0.25) is 0 Å². The molecule has 12 heteroatoms. The molecule has 1 amide bonds. The van der Waals surface area contributed by atoms with Gasteiger partial charge in [0, 0.05) is 31.6 Å². The topological polar surface area (TPSA) is 80.0 Å². The Morgan fingerprint density at radius 1 is 1.06 bits per heavy atom. The number of hydrogen-bond acceptors (Lipinski definition) is 6. The highest BCUT2D eigenvalue weighted by Gasteiger charge is 2.46. The van der Waals surface area contributed by atoms with Crippen molar-refractivity contribution in [3.05, 3.63) is 60.1 Å². The maximum atomic E-state index is 14.0. The highest BCUT2D eigenvalue weighted by molar-refractivity contribution is 5.98. The van der Waals surface area contributed by atoms with E-state index in [1.807, 2.05) is 0 Å². The number of halogens is 4. The molecule has 2 aliphatic rings. The van der Waals surface area contributed by atoms with Crippen LogP contribution < -0.4 is 4.90 Å². The molecule has 0 bridgehead atoms. The average molecular weight is 447 g/mol. The predicted molar refractivity (Wildman–Crippen MR) is 103 cm³/mol. The van der Waals surface area contributed by atoms with Gasteiger partial charge in [-0.2, -0.15) is 28.2 Å². The molecule has 2 aromatic heterocycles. The summed E-state index contributed by atoms with van der Waals surface area (Å²) < 4.78 is 53.0.